The lowest BCUT2D eigenvalue weighted by Gasteiger charge is -2.09. The zero-order valence-electron chi connectivity index (χ0n) is 4.41. The number of hydrogen-bond donors (Lipinski definition) is 2. The van der Waals surface area contributed by atoms with Gasteiger partial charge in [0, 0.05) is 12.6 Å². The molecule has 0 saturated carbocycles. The van der Waals surface area contributed by atoms with E-state index in [-0.39, 0.29) is 15.9 Å². The number of aliphatic hydroxyl groups excluding tert-OH is 1. The van der Waals surface area contributed by atoms with Crippen LogP contribution in [0.1, 0.15) is 0 Å². The maximum atomic E-state index is 8.84. The average Bonchev–Trinajstić information content (AvgIpc) is 1.83. The van der Waals surface area contributed by atoms with Crippen LogP contribution in [0.3, 0.4) is 0 Å². The van der Waals surface area contributed by atoms with Crippen LogP contribution in [0.2, 0.25) is 0 Å². The van der Waals surface area contributed by atoms with E-state index in [1.807, 2.05) is 0 Å². The molecule has 0 amide bonds. The Bertz CT molecular complexity index is 185. The molecule has 49 valence electrons. The predicted molar refractivity (Wildman–Crippen MR) is 36.1 cm³/mol. The third-order valence-corrected chi connectivity index (χ3v) is 1.69. The van der Waals surface area contributed by atoms with Crippen LogP contribution >= 0.6 is 23.2 Å². The summed E-state index contributed by atoms with van der Waals surface area (Å²) in [5.74, 6) is -0.0829. The van der Waals surface area contributed by atoms with Gasteiger partial charge >= 0.3 is 0 Å². The van der Waals surface area contributed by atoms with Crippen LogP contribution in [0.5, 0.6) is 0 Å². The molecule has 0 spiro atoms. The van der Waals surface area contributed by atoms with Crippen molar-refractivity contribution in [3.05, 3.63) is 22.0 Å². The average molecular weight is 165 g/mol. The van der Waals surface area contributed by atoms with E-state index in [1.165, 1.54) is 0 Å². The molecule has 9 heavy (non-hydrogen) atoms. The molecule has 1 aliphatic rings. The van der Waals surface area contributed by atoms with Gasteiger partial charge in [0.1, 0.15) is 15.9 Å². The molecule has 0 bridgehead atoms. The minimum atomic E-state index is -0.0829. The second-order valence-corrected chi connectivity index (χ2v) is 2.26. The molecule has 2 N–H and O–H groups in total. The molecule has 1 radical (unpaired) electrons. The Balaban J connectivity index is 2.88. The molecule has 4 heteroatoms. The molecule has 0 atom stereocenters. The zero-order chi connectivity index (χ0) is 6.85. The molecule has 0 aromatic carbocycles. The van der Waals surface area contributed by atoms with Crippen molar-refractivity contribution >= 4 is 23.2 Å². The van der Waals surface area contributed by atoms with Crippen LogP contribution in [-0.4, -0.2) is 11.7 Å². The molecule has 0 unspecified atom stereocenters. The Labute approximate surface area is 62.8 Å². The number of dihydropyridines is 1. The van der Waals surface area contributed by atoms with E-state index < -0.39 is 0 Å². The predicted octanol–water partition coefficient (Wildman–Crippen LogP) is 1.48. The van der Waals surface area contributed by atoms with Crippen molar-refractivity contribution in [3.63, 3.8) is 0 Å². The minimum absolute atomic E-state index is 0.0829. The lowest BCUT2D eigenvalue weighted by atomic mass is 10.3. The summed E-state index contributed by atoms with van der Waals surface area (Å²) >= 11 is 10.9. The van der Waals surface area contributed by atoms with Crippen LogP contribution in [-0.2, 0) is 0 Å². The van der Waals surface area contributed by atoms with Crippen molar-refractivity contribution in [2.45, 2.75) is 0 Å². The molecule has 0 saturated heterocycles. The van der Waals surface area contributed by atoms with E-state index in [0.717, 1.165) is 0 Å². The molecule has 1 heterocycles. The quantitative estimate of drug-likeness (QED) is 0.532. The number of halogens is 2. The first-order valence-corrected chi connectivity index (χ1v) is 3.06. The van der Waals surface area contributed by atoms with Gasteiger partial charge in [-0.2, -0.15) is 0 Å². The highest BCUT2D eigenvalue weighted by Gasteiger charge is 2.09. The van der Waals surface area contributed by atoms with E-state index in [4.69, 9.17) is 28.3 Å². The summed E-state index contributed by atoms with van der Waals surface area (Å²) in [6.45, 7) is 0.404. The van der Waals surface area contributed by atoms with E-state index >= 15 is 0 Å². The Morgan fingerprint density at radius 2 is 2.22 bits per heavy atom. The molecule has 0 aromatic heterocycles. The number of aliphatic hydroxyl groups is 1. The van der Waals surface area contributed by atoms with Gasteiger partial charge in [0.2, 0.25) is 0 Å². The Hall–Kier alpha value is -0.340. The van der Waals surface area contributed by atoms with E-state index in [1.54, 1.807) is 0 Å². The molecule has 0 aliphatic carbocycles. The molecular formula is C5H4Cl2NO. The maximum Gasteiger partial charge on any atom is 0.142 e. The van der Waals surface area contributed by atoms with Crippen molar-refractivity contribution in [1.82, 2.24) is 5.32 Å². The first kappa shape index (κ1) is 6.78. The molecular weight excluding hydrogens is 161 g/mol. The minimum Gasteiger partial charge on any atom is -0.506 e. The van der Waals surface area contributed by atoms with Gasteiger partial charge in [-0.05, 0) is 0 Å². The monoisotopic (exact) mass is 164 g/mol. The topological polar surface area (TPSA) is 32.3 Å². The highest BCUT2D eigenvalue weighted by atomic mass is 35.5. The van der Waals surface area contributed by atoms with Crippen molar-refractivity contribution in [2.24, 2.45) is 0 Å². The SMILES string of the molecule is OC1=[C]CNC(Cl)=C1Cl. The smallest absolute Gasteiger partial charge is 0.142 e. The van der Waals surface area contributed by atoms with Gasteiger partial charge in [-0.15, -0.1) is 0 Å². The maximum absolute atomic E-state index is 8.84. The third kappa shape index (κ3) is 1.32. The summed E-state index contributed by atoms with van der Waals surface area (Å²) in [5.41, 5.74) is 0. The third-order valence-electron chi connectivity index (χ3n) is 0.900. The van der Waals surface area contributed by atoms with Crippen molar-refractivity contribution < 1.29 is 5.11 Å². The fraction of sp³-hybridized carbons (Fsp3) is 0.200. The van der Waals surface area contributed by atoms with E-state index in [9.17, 15) is 0 Å². The number of hydrogen-bond acceptors (Lipinski definition) is 2. The first-order valence-electron chi connectivity index (χ1n) is 2.31. The van der Waals surface area contributed by atoms with Gasteiger partial charge in [0.25, 0.3) is 0 Å². The lowest BCUT2D eigenvalue weighted by molar-refractivity contribution is 0.419. The molecule has 0 fully saturated rings. The van der Waals surface area contributed by atoms with E-state index in [2.05, 4.69) is 11.4 Å². The summed E-state index contributed by atoms with van der Waals surface area (Å²) in [4.78, 5) is 0. The van der Waals surface area contributed by atoms with Gasteiger partial charge in [-0.3, -0.25) is 0 Å². The fourth-order valence-electron chi connectivity index (χ4n) is 0.465. The highest BCUT2D eigenvalue weighted by molar-refractivity contribution is 6.40. The summed E-state index contributed by atoms with van der Waals surface area (Å²) < 4.78 is 0. The van der Waals surface area contributed by atoms with Crippen LogP contribution in [0.25, 0.3) is 0 Å². The number of nitrogens with one attached hydrogen (secondary N) is 1. The van der Waals surface area contributed by atoms with Gasteiger partial charge in [-0.25, -0.2) is 0 Å². The summed E-state index contributed by atoms with van der Waals surface area (Å²) in [7, 11) is 0. The van der Waals surface area contributed by atoms with Gasteiger partial charge in [-0.1, -0.05) is 23.2 Å². The number of allylic oxidation sites excluding steroid dienone is 1. The molecule has 0 aromatic rings. The summed E-state index contributed by atoms with van der Waals surface area (Å²) in [6, 6.07) is 0. The zero-order valence-corrected chi connectivity index (χ0v) is 5.92. The fourth-order valence-corrected chi connectivity index (χ4v) is 0.755. The molecule has 2 nitrogen and oxygen atoms in total. The first-order chi connectivity index (χ1) is 4.22. The van der Waals surface area contributed by atoms with E-state index in [0.29, 0.717) is 6.54 Å². The second-order valence-electron chi connectivity index (χ2n) is 1.51. The van der Waals surface area contributed by atoms with Crippen molar-refractivity contribution in [3.8, 4) is 0 Å². The molecule has 1 aliphatic heterocycles. The van der Waals surface area contributed by atoms with Crippen molar-refractivity contribution in [2.75, 3.05) is 6.54 Å². The standard InChI is InChI=1S/C5H4Cl2NO/c6-4-3(9)1-2-8-5(4)7/h8-9H,2H2. The van der Waals surface area contributed by atoms with Gasteiger partial charge in [0.15, 0.2) is 0 Å². The summed E-state index contributed by atoms with van der Waals surface area (Å²) in [6.07, 6.45) is 2.55. The van der Waals surface area contributed by atoms with Crippen LogP contribution in [0.15, 0.2) is 15.9 Å². The Kier molecular flexibility index (Phi) is 1.88. The van der Waals surface area contributed by atoms with Gasteiger partial charge in [0.05, 0.1) is 0 Å². The van der Waals surface area contributed by atoms with Crippen LogP contribution in [0.4, 0.5) is 0 Å². The summed E-state index contributed by atoms with van der Waals surface area (Å²) in [5, 5.41) is 11.9. The normalized spacial score (nSPS) is 19.1. The lowest BCUT2D eigenvalue weighted by Crippen LogP contribution is -2.16. The largest absolute Gasteiger partial charge is 0.506 e. The Morgan fingerprint density at radius 1 is 1.56 bits per heavy atom. The van der Waals surface area contributed by atoms with Crippen molar-refractivity contribution in [1.29, 1.82) is 0 Å². The van der Waals surface area contributed by atoms with Crippen LogP contribution < -0.4 is 5.32 Å². The van der Waals surface area contributed by atoms with Gasteiger partial charge < -0.3 is 10.4 Å². The van der Waals surface area contributed by atoms with Crippen LogP contribution in [0, 0.1) is 6.08 Å². The Morgan fingerprint density at radius 3 is 2.67 bits per heavy atom. The second kappa shape index (κ2) is 2.50. The molecule has 1 rings (SSSR count). The number of rotatable bonds is 0. The highest BCUT2D eigenvalue weighted by Crippen LogP contribution is 2.20.